The van der Waals surface area contributed by atoms with Crippen molar-refractivity contribution in [2.45, 2.75) is 18.6 Å². The maximum Gasteiger partial charge on any atom is 0.406 e. The largest absolute Gasteiger partial charge is 0.406 e. The second-order valence-electron chi connectivity index (χ2n) is 5.24. The van der Waals surface area contributed by atoms with Crippen molar-refractivity contribution >= 4 is 38.6 Å². The number of carbonyl (C=O) groups excluding carboxylic acids is 1. The molecule has 3 rings (SSSR count). The summed E-state index contributed by atoms with van der Waals surface area (Å²) in [5, 5.41) is 3.64. The predicted octanol–water partition coefficient (Wildman–Crippen LogP) is 2.97. The summed E-state index contributed by atoms with van der Waals surface area (Å²) in [5.41, 5.74) is 0.684. The van der Waals surface area contributed by atoms with Crippen molar-refractivity contribution in [1.82, 2.24) is 14.9 Å². The van der Waals surface area contributed by atoms with E-state index in [9.17, 15) is 18.0 Å². The molecule has 5 nitrogen and oxygen atoms in total. The molecule has 1 amide bonds. The number of benzene rings is 1. The highest BCUT2D eigenvalue weighted by atomic mass is 79.9. The summed E-state index contributed by atoms with van der Waals surface area (Å²) in [6.07, 6.45) is -2.74. The first-order valence-corrected chi connectivity index (χ1v) is 7.65. The fraction of sp³-hybridized carbons (Fsp3) is 0.357. The monoisotopic (exact) mass is 388 g/mol. The summed E-state index contributed by atoms with van der Waals surface area (Å²) >= 11 is 3.35. The van der Waals surface area contributed by atoms with Gasteiger partial charge in [-0.3, -0.25) is 4.79 Å². The highest BCUT2D eigenvalue weighted by Crippen LogP contribution is 2.26. The molecule has 1 aromatic carbocycles. The number of nitrogens with zero attached hydrogens (tertiary/aromatic N) is 3. The van der Waals surface area contributed by atoms with Crippen LogP contribution in [0.25, 0.3) is 10.9 Å². The third-order valence-electron chi connectivity index (χ3n) is 3.58. The van der Waals surface area contributed by atoms with Crippen molar-refractivity contribution in [1.29, 1.82) is 0 Å². The van der Waals surface area contributed by atoms with Crippen molar-refractivity contribution in [3.63, 3.8) is 0 Å². The van der Waals surface area contributed by atoms with E-state index in [0.29, 0.717) is 23.1 Å². The Kier molecular flexibility index (Phi) is 4.13. The van der Waals surface area contributed by atoms with Gasteiger partial charge < -0.3 is 10.2 Å². The van der Waals surface area contributed by atoms with Gasteiger partial charge in [0.15, 0.2) is 0 Å². The molecule has 9 heteroatoms. The minimum Gasteiger partial charge on any atom is -0.358 e. The highest BCUT2D eigenvalue weighted by Gasteiger charge is 2.39. The molecule has 0 spiro atoms. The van der Waals surface area contributed by atoms with Gasteiger partial charge in [0.1, 0.15) is 24.7 Å². The molecule has 2 aromatic rings. The maximum absolute atomic E-state index is 12.4. The van der Waals surface area contributed by atoms with Gasteiger partial charge in [-0.15, -0.1) is 0 Å². The Morgan fingerprint density at radius 3 is 2.87 bits per heavy atom. The molecule has 1 aliphatic rings. The van der Waals surface area contributed by atoms with Gasteiger partial charge in [0.25, 0.3) is 0 Å². The second-order valence-corrected chi connectivity index (χ2v) is 6.16. The van der Waals surface area contributed by atoms with Crippen LogP contribution in [0, 0.1) is 0 Å². The van der Waals surface area contributed by atoms with Crippen LogP contribution < -0.4 is 5.32 Å². The van der Waals surface area contributed by atoms with E-state index in [-0.39, 0.29) is 6.54 Å². The van der Waals surface area contributed by atoms with Gasteiger partial charge >= 0.3 is 6.18 Å². The average molecular weight is 389 g/mol. The lowest BCUT2D eigenvalue weighted by Crippen LogP contribution is -2.39. The smallest absolute Gasteiger partial charge is 0.358 e. The number of carbonyl (C=O) groups is 1. The Bertz CT molecular complexity index is 752. The van der Waals surface area contributed by atoms with Crippen molar-refractivity contribution in [2.75, 3.05) is 18.4 Å². The van der Waals surface area contributed by atoms with Gasteiger partial charge in [0, 0.05) is 16.4 Å². The van der Waals surface area contributed by atoms with Crippen molar-refractivity contribution in [3.05, 3.63) is 29.0 Å². The van der Waals surface area contributed by atoms with Crippen molar-refractivity contribution in [2.24, 2.45) is 0 Å². The van der Waals surface area contributed by atoms with Gasteiger partial charge in [-0.05, 0) is 24.6 Å². The van der Waals surface area contributed by atoms with Gasteiger partial charge in [0.05, 0.1) is 5.52 Å². The van der Waals surface area contributed by atoms with Crippen LogP contribution in [0.5, 0.6) is 0 Å². The van der Waals surface area contributed by atoms with Crippen LogP contribution >= 0.6 is 15.9 Å². The molecule has 0 bridgehead atoms. The first-order valence-electron chi connectivity index (χ1n) is 6.86. The molecular weight excluding hydrogens is 377 g/mol. The molecule has 1 aliphatic heterocycles. The Balaban J connectivity index is 1.81. The van der Waals surface area contributed by atoms with E-state index >= 15 is 0 Å². The van der Waals surface area contributed by atoms with Crippen LogP contribution in [0.4, 0.5) is 19.0 Å². The van der Waals surface area contributed by atoms with Gasteiger partial charge in [-0.2, -0.15) is 13.2 Å². The average Bonchev–Trinajstić information content (AvgIpc) is 2.79. The summed E-state index contributed by atoms with van der Waals surface area (Å²) < 4.78 is 38.2. The lowest BCUT2D eigenvalue weighted by Gasteiger charge is -2.19. The Morgan fingerprint density at radius 2 is 2.13 bits per heavy atom. The highest BCUT2D eigenvalue weighted by molar-refractivity contribution is 9.10. The minimum absolute atomic E-state index is 0.0721. The first kappa shape index (κ1) is 16.0. The van der Waals surface area contributed by atoms with E-state index in [0.717, 1.165) is 9.37 Å². The molecule has 1 unspecified atom stereocenters. The zero-order valence-corrected chi connectivity index (χ0v) is 13.4. The van der Waals surface area contributed by atoms with Crippen molar-refractivity contribution < 1.29 is 18.0 Å². The molecule has 1 aromatic heterocycles. The van der Waals surface area contributed by atoms with E-state index in [2.05, 4.69) is 31.2 Å². The molecule has 122 valence electrons. The number of hydrogen-bond acceptors (Lipinski definition) is 4. The second kappa shape index (κ2) is 5.95. The SMILES string of the molecule is O=C1C(Nc2ncnc3ccc(Br)cc23)CCN1CC(F)(F)F. The summed E-state index contributed by atoms with van der Waals surface area (Å²) in [4.78, 5) is 21.2. The van der Waals surface area contributed by atoms with Gasteiger partial charge in [-0.25, -0.2) is 9.97 Å². The lowest BCUT2D eigenvalue weighted by atomic mass is 10.2. The third kappa shape index (κ3) is 3.54. The summed E-state index contributed by atoms with van der Waals surface area (Å²) in [7, 11) is 0. The van der Waals surface area contributed by atoms with Gasteiger partial charge in [-0.1, -0.05) is 15.9 Å². The lowest BCUT2D eigenvalue weighted by molar-refractivity contribution is -0.157. The number of rotatable bonds is 3. The predicted molar refractivity (Wildman–Crippen MR) is 81.9 cm³/mol. The molecule has 1 atom stereocenters. The number of halogens is 4. The standard InChI is InChI=1S/C14H12BrF3N4O/c15-8-1-2-10-9(5-8)12(20-7-19-10)21-11-3-4-22(13(11)23)6-14(16,17)18/h1-2,5,7,11H,3-4,6H2,(H,19,20,21). The molecular formula is C14H12BrF3N4O. The zero-order chi connectivity index (χ0) is 16.6. The first-order chi connectivity index (χ1) is 10.8. The topological polar surface area (TPSA) is 58.1 Å². The van der Waals surface area contributed by atoms with E-state index in [1.807, 2.05) is 6.07 Å². The van der Waals surface area contributed by atoms with E-state index in [1.165, 1.54) is 6.33 Å². The quantitative estimate of drug-likeness (QED) is 0.877. The maximum atomic E-state index is 12.4. The number of fused-ring (bicyclic) bond motifs is 1. The number of likely N-dealkylation sites (tertiary alicyclic amines) is 1. The number of alkyl halides is 3. The van der Waals surface area contributed by atoms with Crippen LogP contribution in [0.2, 0.25) is 0 Å². The van der Waals surface area contributed by atoms with E-state index in [4.69, 9.17) is 0 Å². The van der Waals surface area contributed by atoms with Gasteiger partial charge in [0.2, 0.25) is 5.91 Å². The molecule has 1 saturated heterocycles. The van der Waals surface area contributed by atoms with E-state index in [1.54, 1.807) is 12.1 Å². The molecule has 1 N–H and O–H groups in total. The third-order valence-corrected chi connectivity index (χ3v) is 4.07. The van der Waals surface area contributed by atoms with Crippen LogP contribution in [-0.2, 0) is 4.79 Å². The molecule has 23 heavy (non-hydrogen) atoms. The van der Waals surface area contributed by atoms with Crippen molar-refractivity contribution in [3.8, 4) is 0 Å². The molecule has 0 aliphatic carbocycles. The summed E-state index contributed by atoms with van der Waals surface area (Å²) in [6.45, 7) is -1.15. The van der Waals surface area contributed by atoms with Crippen LogP contribution in [-0.4, -0.2) is 46.1 Å². The Hall–Kier alpha value is -1.90. The fourth-order valence-electron chi connectivity index (χ4n) is 2.56. The zero-order valence-electron chi connectivity index (χ0n) is 11.8. The number of aromatic nitrogens is 2. The summed E-state index contributed by atoms with van der Waals surface area (Å²) in [5.74, 6) is -0.132. The molecule has 0 saturated carbocycles. The molecule has 1 fully saturated rings. The number of hydrogen-bond donors (Lipinski definition) is 1. The van der Waals surface area contributed by atoms with Crippen LogP contribution in [0.15, 0.2) is 29.0 Å². The number of amides is 1. The number of nitrogens with one attached hydrogen (secondary N) is 1. The fourth-order valence-corrected chi connectivity index (χ4v) is 2.92. The minimum atomic E-state index is -4.39. The molecule has 2 heterocycles. The Labute approximate surface area is 138 Å². The number of anilines is 1. The molecule has 0 radical (unpaired) electrons. The van der Waals surface area contributed by atoms with Crippen LogP contribution in [0.3, 0.4) is 0 Å². The normalized spacial score (nSPS) is 18.7. The van der Waals surface area contributed by atoms with Crippen LogP contribution in [0.1, 0.15) is 6.42 Å². The van der Waals surface area contributed by atoms with E-state index < -0.39 is 24.7 Å². The summed E-state index contributed by atoms with van der Waals surface area (Å²) in [6, 6.07) is 4.70. The Morgan fingerprint density at radius 1 is 1.35 bits per heavy atom.